The van der Waals surface area contributed by atoms with Crippen molar-refractivity contribution in [2.45, 2.75) is 20.0 Å². The Morgan fingerprint density at radius 1 is 1.03 bits per heavy atom. The topological polar surface area (TPSA) is 96.0 Å². The molecule has 9 heteroatoms. The Bertz CT molecular complexity index is 1140. The quantitative estimate of drug-likeness (QED) is 0.461. The second-order valence-electron chi connectivity index (χ2n) is 7.63. The van der Waals surface area contributed by atoms with Gasteiger partial charge in [-0.05, 0) is 29.8 Å². The van der Waals surface area contributed by atoms with Crippen molar-refractivity contribution in [1.82, 2.24) is 19.2 Å². The minimum Gasteiger partial charge on any atom is -0.360 e. The lowest BCUT2D eigenvalue weighted by Gasteiger charge is -2.34. The number of anilines is 1. The van der Waals surface area contributed by atoms with Crippen molar-refractivity contribution in [2.24, 2.45) is 0 Å². The number of piperazine rings is 1. The molecule has 0 aliphatic carbocycles. The molecule has 3 aromatic rings. The normalized spacial score (nSPS) is 15.3. The number of fused-ring (bicyclic) bond motifs is 1. The van der Waals surface area contributed by atoms with Gasteiger partial charge >= 0.3 is 11.2 Å². The molecule has 1 saturated heterocycles. The number of nitrogens with zero attached hydrogens (tertiary/aromatic N) is 5. The summed E-state index contributed by atoms with van der Waals surface area (Å²) in [6.45, 7) is 8.59. The highest BCUT2D eigenvalue weighted by Crippen LogP contribution is 2.20. The zero-order chi connectivity index (χ0) is 21.8. The molecule has 3 heterocycles. The monoisotopic (exact) mass is 422 g/mol. The summed E-state index contributed by atoms with van der Waals surface area (Å²) < 4.78 is 1.19. The fourth-order valence-electron chi connectivity index (χ4n) is 3.94. The number of nitro groups is 1. The zero-order valence-corrected chi connectivity index (χ0v) is 17.5. The van der Waals surface area contributed by atoms with Gasteiger partial charge in [0.25, 0.3) is 0 Å². The molecule has 0 saturated carbocycles. The summed E-state index contributed by atoms with van der Waals surface area (Å²) in [5.41, 5.74) is 1.32. The van der Waals surface area contributed by atoms with Gasteiger partial charge in [-0.25, -0.2) is 4.98 Å². The summed E-state index contributed by atoms with van der Waals surface area (Å²) in [7, 11) is 0. The van der Waals surface area contributed by atoms with Gasteiger partial charge in [-0.2, -0.15) is 0 Å². The van der Waals surface area contributed by atoms with Gasteiger partial charge in [-0.1, -0.05) is 37.3 Å². The van der Waals surface area contributed by atoms with Crippen molar-refractivity contribution in [1.29, 1.82) is 0 Å². The van der Waals surface area contributed by atoms with Crippen molar-refractivity contribution in [2.75, 3.05) is 38.0 Å². The minimum atomic E-state index is -0.694. The van der Waals surface area contributed by atoms with Gasteiger partial charge in [0.15, 0.2) is 0 Å². The number of hydrogen-bond acceptors (Lipinski definition) is 7. The van der Waals surface area contributed by atoms with Crippen LogP contribution in [0.15, 0.2) is 53.5 Å². The molecule has 0 spiro atoms. The Balaban J connectivity index is 1.55. The largest absolute Gasteiger partial charge is 0.376 e. The summed E-state index contributed by atoms with van der Waals surface area (Å²) >= 11 is 0. The smallest absolute Gasteiger partial charge is 0.360 e. The average molecular weight is 422 g/mol. The Labute approximate surface area is 180 Å². The molecule has 4 rings (SSSR count). The van der Waals surface area contributed by atoms with E-state index in [0.29, 0.717) is 12.2 Å². The third-order valence-electron chi connectivity index (χ3n) is 5.76. The Kier molecular flexibility index (Phi) is 6.24. The van der Waals surface area contributed by atoms with Gasteiger partial charge in [0.05, 0.1) is 4.92 Å². The van der Waals surface area contributed by atoms with Crippen molar-refractivity contribution in [3.8, 4) is 0 Å². The molecule has 31 heavy (non-hydrogen) atoms. The molecule has 1 aliphatic heterocycles. The number of hydrogen-bond donors (Lipinski definition) is 1. The molecular weight excluding hydrogens is 396 g/mol. The van der Waals surface area contributed by atoms with Gasteiger partial charge in [-0.3, -0.25) is 24.2 Å². The van der Waals surface area contributed by atoms with E-state index in [0.717, 1.165) is 44.8 Å². The van der Waals surface area contributed by atoms with Gasteiger partial charge in [0.1, 0.15) is 5.65 Å². The second kappa shape index (κ2) is 9.23. The molecule has 0 unspecified atom stereocenters. The predicted octanol–water partition coefficient (Wildman–Crippen LogP) is 2.35. The van der Waals surface area contributed by atoms with Crippen molar-refractivity contribution in [3.63, 3.8) is 0 Å². The van der Waals surface area contributed by atoms with Gasteiger partial charge in [-0.15, -0.1) is 0 Å². The summed E-state index contributed by atoms with van der Waals surface area (Å²) in [6, 6.07) is 13.1. The lowest BCUT2D eigenvalue weighted by atomic mass is 10.1. The van der Waals surface area contributed by atoms with E-state index in [4.69, 9.17) is 0 Å². The van der Waals surface area contributed by atoms with E-state index in [2.05, 4.69) is 33.1 Å². The molecule has 1 fully saturated rings. The SMILES string of the molecule is CCN1CCN(Cc2ccccc2CNc2nc3ccccn3c(=O)c2[N+](=O)[O-])CC1. The first kappa shape index (κ1) is 21.0. The summed E-state index contributed by atoms with van der Waals surface area (Å²) in [6.07, 6.45) is 1.48. The first-order valence-corrected chi connectivity index (χ1v) is 10.5. The van der Waals surface area contributed by atoms with Crippen molar-refractivity contribution >= 4 is 17.2 Å². The lowest BCUT2D eigenvalue weighted by molar-refractivity contribution is -0.385. The number of nitrogens with one attached hydrogen (secondary N) is 1. The molecule has 1 aliphatic rings. The molecule has 0 atom stereocenters. The molecule has 9 nitrogen and oxygen atoms in total. The Morgan fingerprint density at radius 3 is 2.42 bits per heavy atom. The fourth-order valence-corrected chi connectivity index (χ4v) is 3.94. The fraction of sp³-hybridized carbons (Fsp3) is 0.364. The maximum absolute atomic E-state index is 12.6. The number of likely N-dealkylation sites (N-methyl/N-ethyl adjacent to an activating group) is 1. The number of aromatic nitrogens is 2. The first-order chi connectivity index (χ1) is 15.1. The first-order valence-electron chi connectivity index (χ1n) is 10.5. The zero-order valence-electron chi connectivity index (χ0n) is 17.5. The van der Waals surface area contributed by atoms with E-state index in [1.165, 1.54) is 16.2 Å². The van der Waals surface area contributed by atoms with Crippen LogP contribution in [-0.2, 0) is 13.1 Å². The van der Waals surface area contributed by atoms with Crippen LogP contribution in [0.4, 0.5) is 11.5 Å². The van der Waals surface area contributed by atoms with E-state index < -0.39 is 16.2 Å². The van der Waals surface area contributed by atoms with Crippen LogP contribution in [0.25, 0.3) is 5.65 Å². The molecular formula is C22H26N6O3. The van der Waals surface area contributed by atoms with Crippen LogP contribution in [0.1, 0.15) is 18.1 Å². The standard InChI is InChI=1S/C22H26N6O3/c1-2-25-11-13-26(14-12-25)16-18-8-4-3-7-17(18)15-23-21-20(28(30)31)22(29)27-10-6-5-9-19(27)24-21/h3-10,23H,2,11-16H2,1H3. The maximum Gasteiger partial charge on any atom is 0.376 e. The molecule has 162 valence electrons. The minimum absolute atomic E-state index is 0.00689. The van der Waals surface area contributed by atoms with Crippen LogP contribution >= 0.6 is 0 Å². The van der Waals surface area contributed by atoms with E-state index in [1.807, 2.05) is 18.2 Å². The van der Waals surface area contributed by atoms with Crippen LogP contribution in [0.3, 0.4) is 0 Å². The molecule has 0 radical (unpaired) electrons. The summed E-state index contributed by atoms with van der Waals surface area (Å²) in [4.78, 5) is 32.7. The lowest BCUT2D eigenvalue weighted by Crippen LogP contribution is -2.45. The number of rotatable bonds is 7. The predicted molar refractivity (Wildman–Crippen MR) is 119 cm³/mol. The van der Waals surface area contributed by atoms with E-state index in [9.17, 15) is 14.9 Å². The van der Waals surface area contributed by atoms with Crippen LogP contribution < -0.4 is 10.9 Å². The van der Waals surface area contributed by atoms with Crippen LogP contribution in [0, 0.1) is 10.1 Å². The molecule has 0 amide bonds. The number of benzene rings is 1. The highest BCUT2D eigenvalue weighted by atomic mass is 16.6. The summed E-state index contributed by atoms with van der Waals surface area (Å²) in [5, 5.41) is 14.6. The molecule has 1 N–H and O–H groups in total. The van der Waals surface area contributed by atoms with E-state index >= 15 is 0 Å². The van der Waals surface area contributed by atoms with Crippen LogP contribution in [-0.4, -0.2) is 56.8 Å². The third-order valence-corrected chi connectivity index (χ3v) is 5.76. The highest BCUT2D eigenvalue weighted by molar-refractivity contribution is 5.60. The van der Waals surface area contributed by atoms with Gasteiger partial charge in [0, 0.05) is 45.5 Å². The Morgan fingerprint density at radius 2 is 1.71 bits per heavy atom. The second-order valence-corrected chi connectivity index (χ2v) is 7.63. The maximum atomic E-state index is 12.6. The third kappa shape index (κ3) is 4.57. The number of pyridine rings is 1. The van der Waals surface area contributed by atoms with Gasteiger partial charge in [0.2, 0.25) is 5.82 Å². The van der Waals surface area contributed by atoms with Crippen molar-refractivity contribution < 1.29 is 4.92 Å². The highest BCUT2D eigenvalue weighted by Gasteiger charge is 2.23. The van der Waals surface area contributed by atoms with Crippen LogP contribution in [0.5, 0.6) is 0 Å². The van der Waals surface area contributed by atoms with E-state index in [1.54, 1.807) is 18.2 Å². The molecule has 2 aromatic heterocycles. The van der Waals surface area contributed by atoms with Crippen LogP contribution in [0.2, 0.25) is 0 Å². The summed E-state index contributed by atoms with van der Waals surface area (Å²) in [5.74, 6) is -0.00689. The molecule has 0 bridgehead atoms. The van der Waals surface area contributed by atoms with E-state index in [-0.39, 0.29) is 5.82 Å². The van der Waals surface area contributed by atoms with Crippen molar-refractivity contribution in [3.05, 3.63) is 80.3 Å². The average Bonchev–Trinajstić information content (AvgIpc) is 2.79. The Hall–Kier alpha value is -3.30. The molecule has 1 aromatic carbocycles. The van der Waals surface area contributed by atoms with Gasteiger partial charge < -0.3 is 10.2 Å².